The van der Waals surface area contributed by atoms with Gasteiger partial charge >= 0.3 is 5.97 Å². The zero-order valence-corrected chi connectivity index (χ0v) is 18.1. The number of carboxylic acids is 1. The fourth-order valence-corrected chi connectivity index (χ4v) is 3.48. The van der Waals surface area contributed by atoms with Crippen LogP contribution < -0.4 is 5.32 Å². The number of carbonyl (C=O) groups is 1. The van der Waals surface area contributed by atoms with Gasteiger partial charge < -0.3 is 15.5 Å². The molecule has 0 aromatic heterocycles. The van der Waals surface area contributed by atoms with Crippen LogP contribution in [0.2, 0.25) is 0 Å². The van der Waals surface area contributed by atoms with Crippen LogP contribution in [0.25, 0.3) is 5.57 Å². The molecule has 3 aliphatic rings. The molecule has 1 aromatic rings. The molecule has 0 spiro atoms. The molecule has 3 aliphatic carbocycles. The first-order chi connectivity index (χ1) is 13.1. The second-order valence-electron chi connectivity index (χ2n) is 8.83. The Labute approximate surface area is 171 Å². The predicted molar refractivity (Wildman–Crippen MR) is 112 cm³/mol. The van der Waals surface area contributed by atoms with Crippen molar-refractivity contribution in [2.45, 2.75) is 44.8 Å². The Bertz CT molecular complexity index is 934. The Hall–Kier alpha value is -2.00. The van der Waals surface area contributed by atoms with E-state index < -0.39 is 33.0 Å². The summed E-state index contributed by atoms with van der Waals surface area (Å²) in [5.41, 5.74) is 0.605. The quantitative estimate of drug-likeness (QED) is 0.432. The molecule has 4 rings (SSSR count). The molecular formula is C21H29NO6S. The minimum absolute atomic E-state index is 0.0896. The molecule has 0 radical (unpaired) electrons. The minimum atomic E-state index is -3.67. The Morgan fingerprint density at radius 1 is 1.17 bits per heavy atom. The van der Waals surface area contributed by atoms with E-state index in [4.69, 9.17) is 4.55 Å². The average molecular weight is 424 g/mol. The third-order valence-electron chi connectivity index (χ3n) is 5.10. The smallest absolute Gasteiger partial charge is 0.322 e. The number of hydrogen-bond donors (Lipinski definition) is 4. The maximum Gasteiger partial charge on any atom is 0.322 e. The van der Waals surface area contributed by atoms with E-state index in [2.05, 4.69) is 26.1 Å². The summed E-state index contributed by atoms with van der Waals surface area (Å²) in [6.07, 6.45) is 5.58. The summed E-state index contributed by atoms with van der Waals surface area (Å²) in [6.45, 7) is 8.53. The highest BCUT2D eigenvalue weighted by atomic mass is 32.2. The number of aliphatic hydroxyl groups is 1. The van der Waals surface area contributed by atoms with E-state index in [-0.39, 0.29) is 5.54 Å². The zero-order valence-electron chi connectivity index (χ0n) is 17.3. The largest absolute Gasteiger partial charge is 0.480 e. The molecule has 8 heteroatoms. The molecule has 0 fully saturated rings. The molecule has 7 nitrogen and oxygen atoms in total. The van der Waals surface area contributed by atoms with Crippen LogP contribution in [0.1, 0.15) is 38.8 Å². The lowest BCUT2D eigenvalue weighted by Crippen LogP contribution is -2.48. The second kappa shape index (κ2) is 7.68. The number of hydrogen-bond acceptors (Lipinski definition) is 5. The monoisotopic (exact) mass is 423 g/mol. The van der Waals surface area contributed by atoms with Crippen LogP contribution in [-0.2, 0) is 20.3 Å². The van der Waals surface area contributed by atoms with E-state index in [0.717, 1.165) is 16.7 Å². The number of aliphatic carboxylic acids is 1. The Balaban J connectivity index is 0.000000537. The Morgan fingerprint density at radius 2 is 1.69 bits per heavy atom. The van der Waals surface area contributed by atoms with Crippen LogP contribution in [0, 0.1) is 5.41 Å². The van der Waals surface area contributed by atoms with Crippen molar-refractivity contribution < 1.29 is 28.0 Å². The standard InChI is InChI=1S/C20H25NO3.CH4O3S/c1-18(2,3)21-12-16(22)19(4)9-10-20(17(23)24)14-7-5-13(6-8-14)15(20)11-19;1-5(2,3)4/h5-11,16,21-22H,12H2,1-4H3,(H,23,24);1H3,(H,2,3,4). The lowest BCUT2D eigenvalue weighted by atomic mass is 9.61. The third kappa shape index (κ3) is 5.14. The first kappa shape index (κ1) is 23.3. The molecule has 3 unspecified atom stereocenters. The van der Waals surface area contributed by atoms with E-state index >= 15 is 0 Å². The molecule has 0 amide bonds. The van der Waals surface area contributed by atoms with E-state index in [1.807, 2.05) is 43.3 Å². The van der Waals surface area contributed by atoms with Crippen LogP contribution in [0.3, 0.4) is 0 Å². The van der Waals surface area contributed by atoms with Gasteiger partial charge in [0, 0.05) is 17.5 Å². The molecule has 1 aromatic carbocycles. The van der Waals surface area contributed by atoms with Crippen LogP contribution in [-0.4, -0.2) is 53.6 Å². The van der Waals surface area contributed by atoms with Gasteiger partial charge in [-0.15, -0.1) is 0 Å². The van der Waals surface area contributed by atoms with Gasteiger partial charge in [-0.2, -0.15) is 8.42 Å². The number of aliphatic hydroxyl groups excluding tert-OH is 1. The summed E-state index contributed by atoms with van der Waals surface area (Å²) in [5.74, 6) is -0.879. The molecule has 160 valence electrons. The van der Waals surface area contributed by atoms with E-state index in [1.165, 1.54) is 0 Å². The highest BCUT2D eigenvalue weighted by Crippen LogP contribution is 2.50. The van der Waals surface area contributed by atoms with Crippen LogP contribution in [0.15, 0.2) is 42.5 Å². The topological polar surface area (TPSA) is 124 Å². The first-order valence-corrected chi connectivity index (χ1v) is 11.1. The van der Waals surface area contributed by atoms with Gasteiger partial charge in [-0.1, -0.05) is 49.4 Å². The summed E-state index contributed by atoms with van der Waals surface area (Å²) >= 11 is 0. The van der Waals surface area contributed by atoms with Crippen molar-refractivity contribution in [2.75, 3.05) is 12.8 Å². The van der Waals surface area contributed by atoms with E-state index in [9.17, 15) is 23.4 Å². The number of β-amino-alcohol motifs (C(OH)–C–C–N with tert-alkyl or cyclic N) is 1. The normalized spacial score (nSPS) is 26.1. The van der Waals surface area contributed by atoms with Gasteiger partial charge in [-0.3, -0.25) is 9.35 Å². The predicted octanol–water partition coefficient (Wildman–Crippen LogP) is 2.24. The third-order valence-corrected chi connectivity index (χ3v) is 5.10. The SMILES string of the molecule is CC(C)(C)NCC(O)C1(C)C=CC2(C(=O)O)C(=C1)c1ccc2cc1.CS(=O)(=O)O. The minimum Gasteiger partial charge on any atom is -0.480 e. The molecule has 0 saturated carbocycles. The van der Waals surface area contributed by atoms with E-state index in [1.54, 1.807) is 6.08 Å². The van der Waals surface area contributed by atoms with Gasteiger partial charge in [0.05, 0.1) is 12.4 Å². The van der Waals surface area contributed by atoms with Gasteiger partial charge in [0.1, 0.15) is 5.41 Å². The van der Waals surface area contributed by atoms with E-state index in [0.29, 0.717) is 12.8 Å². The molecule has 3 atom stereocenters. The molecule has 0 aliphatic heterocycles. The summed E-state index contributed by atoms with van der Waals surface area (Å²) < 4.78 is 25.9. The van der Waals surface area contributed by atoms with Gasteiger partial charge in [-0.25, -0.2) is 0 Å². The lowest BCUT2D eigenvalue weighted by Gasteiger charge is -2.42. The zero-order chi connectivity index (χ0) is 22.3. The van der Waals surface area contributed by atoms with Crippen molar-refractivity contribution in [3.63, 3.8) is 0 Å². The van der Waals surface area contributed by atoms with Crippen molar-refractivity contribution in [1.82, 2.24) is 5.32 Å². The molecule has 0 heterocycles. The molecular weight excluding hydrogens is 394 g/mol. The average Bonchev–Trinajstić information content (AvgIpc) is 2.58. The Kier molecular flexibility index (Phi) is 6.17. The van der Waals surface area contributed by atoms with Crippen molar-refractivity contribution in [3.05, 3.63) is 53.6 Å². The van der Waals surface area contributed by atoms with Crippen LogP contribution in [0.5, 0.6) is 0 Å². The Morgan fingerprint density at radius 3 is 2.14 bits per heavy atom. The second-order valence-corrected chi connectivity index (χ2v) is 10.3. The number of benzene rings is 1. The summed E-state index contributed by atoms with van der Waals surface area (Å²) in [5, 5.41) is 23.9. The van der Waals surface area contributed by atoms with Crippen molar-refractivity contribution in [3.8, 4) is 0 Å². The van der Waals surface area contributed by atoms with Crippen molar-refractivity contribution >= 4 is 21.7 Å². The van der Waals surface area contributed by atoms with Gasteiger partial charge in [-0.05, 0) is 37.5 Å². The van der Waals surface area contributed by atoms with Gasteiger partial charge in [0.25, 0.3) is 10.1 Å². The van der Waals surface area contributed by atoms with Crippen molar-refractivity contribution in [1.29, 1.82) is 0 Å². The highest BCUT2D eigenvalue weighted by molar-refractivity contribution is 7.85. The number of fused-ring (bicyclic) bond motifs is 2. The lowest BCUT2D eigenvalue weighted by molar-refractivity contribution is -0.140. The molecule has 0 saturated heterocycles. The molecule has 29 heavy (non-hydrogen) atoms. The van der Waals surface area contributed by atoms with Crippen LogP contribution in [0.4, 0.5) is 0 Å². The number of nitrogens with one attached hydrogen (secondary N) is 1. The summed E-state index contributed by atoms with van der Waals surface area (Å²) in [4.78, 5) is 12.1. The number of carboxylic acid groups (broad SMARTS) is 1. The summed E-state index contributed by atoms with van der Waals surface area (Å²) in [7, 11) is -3.67. The molecule has 2 bridgehead atoms. The van der Waals surface area contributed by atoms with Crippen molar-refractivity contribution in [2.24, 2.45) is 5.41 Å². The maximum atomic E-state index is 12.1. The van der Waals surface area contributed by atoms with Crippen LogP contribution >= 0.6 is 0 Å². The summed E-state index contributed by atoms with van der Waals surface area (Å²) in [6, 6.07) is 7.63. The fraction of sp³-hybridized carbons (Fsp3) is 0.476. The fourth-order valence-electron chi connectivity index (χ4n) is 3.48. The highest BCUT2D eigenvalue weighted by Gasteiger charge is 2.49. The van der Waals surface area contributed by atoms with Gasteiger partial charge in [0.15, 0.2) is 0 Å². The molecule has 4 N–H and O–H groups in total. The first-order valence-electron chi connectivity index (χ1n) is 9.22. The number of rotatable bonds is 4. The van der Waals surface area contributed by atoms with Gasteiger partial charge in [0.2, 0.25) is 0 Å². The maximum absolute atomic E-state index is 12.1.